The summed E-state index contributed by atoms with van der Waals surface area (Å²) in [6, 6.07) is 21.0. The van der Waals surface area contributed by atoms with Crippen LogP contribution >= 0.6 is 0 Å². The van der Waals surface area contributed by atoms with Crippen LogP contribution in [0.4, 0.5) is 4.79 Å². The summed E-state index contributed by atoms with van der Waals surface area (Å²) in [7, 11) is 0. The van der Waals surface area contributed by atoms with Gasteiger partial charge in [0.25, 0.3) is 11.1 Å². The fraction of sp³-hybridized carbons (Fsp3) is 0.312. The second-order valence-electron chi connectivity index (χ2n) is 10.5. The number of hydrogen-bond donors (Lipinski definition) is 1. The Labute approximate surface area is 279 Å². The van der Waals surface area contributed by atoms with E-state index in [9.17, 15) is 19.7 Å². The van der Waals surface area contributed by atoms with Gasteiger partial charge < -0.3 is 28.5 Å². The van der Waals surface area contributed by atoms with Crippen LogP contribution in [0.3, 0.4) is 0 Å². The van der Waals surface area contributed by atoms with Crippen molar-refractivity contribution in [2.45, 2.75) is 39.7 Å². The van der Waals surface area contributed by atoms with Gasteiger partial charge in [-0.05, 0) is 47.9 Å². The van der Waals surface area contributed by atoms with Crippen molar-refractivity contribution in [2.75, 3.05) is 26.4 Å². The maximum atomic E-state index is 13.4. The molecule has 0 saturated carbocycles. The molecule has 0 aliphatic heterocycles. The number of benzene rings is 3. The Balaban J connectivity index is 1.26. The monoisotopic (exact) mass is 675 g/mol. The number of fused-ring (bicyclic) bond motifs is 1. The molecule has 49 heavy (non-hydrogen) atoms. The van der Waals surface area contributed by atoms with Gasteiger partial charge in [0.1, 0.15) is 12.7 Å². The lowest BCUT2D eigenvalue weighted by Crippen LogP contribution is -2.24. The number of H-pyrrole nitrogens is 1. The summed E-state index contributed by atoms with van der Waals surface area (Å²) in [5.41, 5.74) is 4.80. The van der Waals surface area contributed by atoms with Crippen LogP contribution in [0.5, 0.6) is 6.01 Å². The number of ether oxygens (including phenoxy) is 5. The topological polar surface area (TPSA) is 205 Å². The summed E-state index contributed by atoms with van der Waals surface area (Å²) in [6.07, 6.45) is -3.18. The smallest absolute Gasteiger partial charge is 0.465 e. The molecule has 0 spiro atoms. The highest BCUT2D eigenvalue weighted by atomic mass is 17.0. The van der Waals surface area contributed by atoms with Gasteiger partial charge in [-0.15, -0.1) is 20.3 Å². The van der Waals surface area contributed by atoms with Crippen molar-refractivity contribution in [2.24, 2.45) is 0 Å². The Morgan fingerprint density at radius 2 is 1.76 bits per heavy atom. The Bertz CT molecular complexity index is 1880. The third-order valence-corrected chi connectivity index (χ3v) is 6.95. The van der Waals surface area contributed by atoms with E-state index in [-0.39, 0.29) is 25.4 Å². The molecule has 2 unspecified atom stereocenters. The fourth-order valence-corrected chi connectivity index (χ4v) is 4.91. The average Bonchev–Trinajstić information content (AvgIpc) is 3.73. The van der Waals surface area contributed by atoms with E-state index < -0.39 is 29.6 Å². The van der Waals surface area contributed by atoms with Gasteiger partial charge in [-0.25, -0.2) is 9.59 Å². The zero-order valence-corrected chi connectivity index (χ0v) is 26.8. The average molecular weight is 676 g/mol. The summed E-state index contributed by atoms with van der Waals surface area (Å²) in [6.45, 7) is 4.99. The number of para-hydroxylation sites is 1. The van der Waals surface area contributed by atoms with E-state index in [1.54, 1.807) is 22.8 Å². The number of aromatic nitrogens is 6. The van der Waals surface area contributed by atoms with Gasteiger partial charge in [-0.2, -0.15) is 10.2 Å². The molecule has 3 aromatic carbocycles. The first-order chi connectivity index (χ1) is 23.7. The first kappa shape index (κ1) is 34.2. The molecule has 2 atom stereocenters. The number of hydrogen-bond acceptors (Lipinski definition) is 14. The molecule has 1 N–H and O–H groups in total. The van der Waals surface area contributed by atoms with Crippen molar-refractivity contribution in [3.63, 3.8) is 0 Å². The van der Waals surface area contributed by atoms with Crippen LogP contribution in [-0.2, 0) is 30.3 Å². The highest BCUT2D eigenvalue weighted by molar-refractivity contribution is 6.02. The van der Waals surface area contributed by atoms with E-state index in [1.165, 1.54) is 13.8 Å². The van der Waals surface area contributed by atoms with E-state index in [1.807, 2.05) is 55.5 Å². The standard InChI is InChI=1S/C32H33N7O10/c1-4-45-31-33-27-11-7-10-26(30(40)47-21(3)48-32(41)46-17-16-44-19-20(2)49-39(42)43)28(27)38(31)18-22-12-14-23(15-13-22)24-8-5-6-9-25(24)29-34-36-37-35-29/h5-15,20-21H,4,16-19H2,1-3H3,(H,34,35,36,37). The van der Waals surface area contributed by atoms with Crippen LogP contribution in [0.1, 0.15) is 36.7 Å². The normalized spacial score (nSPS) is 12.2. The molecule has 0 bridgehead atoms. The van der Waals surface area contributed by atoms with E-state index in [0.717, 1.165) is 22.3 Å². The molecule has 5 rings (SSSR count). The van der Waals surface area contributed by atoms with Gasteiger partial charge in [0, 0.05) is 12.5 Å². The quantitative estimate of drug-likeness (QED) is 0.0499. The van der Waals surface area contributed by atoms with Crippen LogP contribution in [0.25, 0.3) is 33.5 Å². The summed E-state index contributed by atoms with van der Waals surface area (Å²) < 4.78 is 28.2. The maximum Gasteiger partial charge on any atom is 0.511 e. The first-order valence-corrected chi connectivity index (χ1v) is 15.2. The third kappa shape index (κ3) is 8.83. The molecule has 0 radical (unpaired) electrons. The number of rotatable bonds is 16. The summed E-state index contributed by atoms with van der Waals surface area (Å²) in [4.78, 5) is 44.7. The van der Waals surface area contributed by atoms with Crippen LogP contribution in [0, 0.1) is 10.1 Å². The van der Waals surface area contributed by atoms with Crippen molar-refractivity contribution in [1.82, 2.24) is 30.2 Å². The summed E-state index contributed by atoms with van der Waals surface area (Å²) >= 11 is 0. The van der Waals surface area contributed by atoms with Gasteiger partial charge in [0.15, 0.2) is 0 Å². The Kier molecular flexibility index (Phi) is 11.3. The Morgan fingerprint density at radius 3 is 2.47 bits per heavy atom. The molecule has 0 amide bonds. The van der Waals surface area contributed by atoms with Crippen molar-refractivity contribution in [1.29, 1.82) is 0 Å². The largest absolute Gasteiger partial charge is 0.511 e. The molecule has 17 heteroatoms. The minimum absolute atomic E-state index is 0.0564. The van der Waals surface area contributed by atoms with E-state index in [4.69, 9.17) is 23.7 Å². The number of nitrogens with one attached hydrogen (secondary N) is 1. The molecular weight excluding hydrogens is 642 g/mol. The lowest BCUT2D eigenvalue weighted by molar-refractivity contribution is -0.768. The number of carbonyl (C=O) groups excluding carboxylic acids is 2. The predicted octanol–water partition coefficient (Wildman–Crippen LogP) is 4.60. The number of imidazole rings is 1. The fourth-order valence-electron chi connectivity index (χ4n) is 4.91. The van der Waals surface area contributed by atoms with Crippen molar-refractivity contribution >= 4 is 23.2 Å². The highest BCUT2D eigenvalue weighted by Crippen LogP contribution is 2.31. The van der Waals surface area contributed by atoms with Gasteiger partial charge in [0.05, 0.1) is 43.0 Å². The van der Waals surface area contributed by atoms with Crippen molar-refractivity contribution in [3.8, 4) is 28.5 Å². The SMILES string of the molecule is CCOc1nc2cccc(C(=O)OC(C)OC(=O)OCCOCC(C)O[N+](=O)[O-])c2n1Cc1ccc(-c2ccccc2-c2nn[nH]n2)cc1. The minimum Gasteiger partial charge on any atom is -0.465 e. The van der Waals surface area contributed by atoms with Gasteiger partial charge in [-0.1, -0.05) is 54.6 Å². The zero-order chi connectivity index (χ0) is 34.8. The molecule has 2 heterocycles. The molecule has 0 fully saturated rings. The molecule has 0 saturated heterocycles. The van der Waals surface area contributed by atoms with Crippen molar-refractivity contribution < 1.29 is 43.2 Å². The second kappa shape index (κ2) is 16.1. The van der Waals surface area contributed by atoms with Crippen LogP contribution in [0.2, 0.25) is 0 Å². The number of nitrogens with zero attached hydrogens (tertiary/aromatic N) is 6. The van der Waals surface area contributed by atoms with Crippen LogP contribution in [0.15, 0.2) is 66.7 Å². The third-order valence-electron chi connectivity index (χ3n) is 6.95. The lowest BCUT2D eigenvalue weighted by Gasteiger charge is -2.16. The van der Waals surface area contributed by atoms with Crippen LogP contribution in [-0.4, -0.2) is 86.2 Å². The maximum absolute atomic E-state index is 13.4. The minimum atomic E-state index is -1.30. The Hall–Kier alpha value is -6.10. The summed E-state index contributed by atoms with van der Waals surface area (Å²) in [5, 5.41) is 23.8. The number of tetrazole rings is 1. The van der Waals surface area contributed by atoms with E-state index in [2.05, 4.69) is 30.4 Å². The predicted molar refractivity (Wildman–Crippen MR) is 171 cm³/mol. The summed E-state index contributed by atoms with van der Waals surface area (Å²) in [5.74, 6) is -0.270. The Morgan fingerprint density at radius 1 is 0.980 bits per heavy atom. The molecular formula is C32H33N7O10. The first-order valence-electron chi connectivity index (χ1n) is 15.2. The molecule has 0 aliphatic carbocycles. The second-order valence-corrected chi connectivity index (χ2v) is 10.5. The lowest BCUT2D eigenvalue weighted by atomic mass is 9.98. The number of carbonyl (C=O) groups is 2. The van der Waals surface area contributed by atoms with E-state index in [0.29, 0.717) is 36.0 Å². The van der Waals surface area contributed by atoms with Gasteiger partial charge in [-0.3, -0.25) is 4.57 Å². The van der Waals surface area contributed by atoms with E-state index >= 15 is 0 Å². The van der Waals surface area contributed by atoms with Gasteiger partial charge in [0.2, 0.25) is 12.1 Å². The van der Waals surface area contributed by atoms with Gasteiger partial charge >= 0.3 is 12.1 Å². The number of esters is 1. The number of aromatic amines is 1. The molecule has 256 valence electrons. The molecule has 0 aliphatic rings. The zero-order valence-electron chi connectivity index (χ0n) is 26.8. The highest BCUT2D eigenvalue weighted by Gasteiger charge is 2.23. The molecule has 17 nitrogen and oxygen atoms in total. The molecule has 2 aromatic heterocycles. The van der Waals surface area contributed by atoms with Crippen molar-refractivity contribution in [3.05, 3.63) is 88.0 Å². The molecule has 5 aromatic rings. The van der Waals surface area contributed by atoms with Crippen LogP contribution < -0.4 is 4.74 Å².